The van der Waals surface area contributed by atoms with E-state index in [0.29, 0.717) is 0 Å². The highest BCUT2D eigenvalue weighted by atomic mass is 14.3. The molecule has 0 heteroatoms. The number of allylic oxidation sites excluding steroid dienone is 7. The second kappa shape index (κ2) is 6.30. The molecule has 0 saturated heterocycles. The van der Waals surface area contributed by atoms with Crippen LogP contribution in [0.4, 0.5) is 0 Å². The number of aryl methyl sites for hydroxylation is 1. The summed E-state index contributed by atoms with van der Waals surface area (Å²) in [5.41, 5.74) is 9.17. The van der Waals surface area contributed by atoms with Gasteiger partial charge in [0.2, 0.25) is 0 Å². The van der Waals surface area contributed by atoms with E-state index in [9.17, 15) is 0 Å². The van der Waals surface area contributed by atoms with Crippen LogP contribution in [-0.4, -0.2) is 0 Å². The topological polar surface area (TPSA) is 0 Å². The highest BCUT2D eigenvalue weighted by Gasteiger charge is 2.25. The largest absolute Gasteiger partial charge is 0.103 e. The van der Waals surface area contributed by atoms with Crippen molar-refractivity contribution in [2.45, 2.75) is 45.4 Å². The normalized spacial score (nSPS) is 16.3. The molecule has 0 radical (unpaired) electrons. The fourth-order valence-electron chi connectivity index (χ4n) is 3.56. The molecule has 108 valence electrons. The number of unbranched alkanes of at least 4 members (excludes halogenated alkanes) is 1. The maximum absolute atomic E-state index is 3.95. The molecule has 0 spiro atoms. The molecular weight excluding hydrogens is 252 g/mol. The highest BCUT2D eigenvalue weighted by Crippen LogP contribution is 2.43. The summed E-state index contributed by atoms with van der Waals surface area (Å²) in [6.45, 7) is 6.22. The van der Waals surface area contributed by atoms with Gasteiger partial charge in [0.1, 0.15) is 0 Å². The first-order valence-corrected chi connectivity index (χ1v) is 8.15. The molecule has 3 rings (SSSR count). The fraction of sp³-hybridized carbons (Fsp3) is 0.333. The van der Waals surface area contributed by atoms with E-state index in [2.05, 4.69) is 56.0 Å². The number of fused-ring (bicyclic) bond motifs is 1. The van der Waals surface area contributed by atoms with Crippen molar-refractivity contribution in [2.24, 2.45) is 0 Å². The summed E-state index contributed by atoms with van der Waals surface area (Å²) in [7, 11) is 0. The summed E-state index contributed by atoms with van der Waals surface area (Å²) in [6.07, 6.45) is 15.7. The molecule has 0 amide bonds. The summed E-state index contributed by atoms with van der Waals surface area (Å²) in [6, 6.07) is 6.87. The van der Waals surface area contributed by atoms with Crippen LogP contribution in [0, 0.1) is 0 Å². The molecule has 0 N–H and O–H groups in total. The number of hydrogen-bond acceptors (Lipinski definition) is 0. The van der Waals surface area contributed by atoms with E-state index in [0.717, 1.165) is 19.3 Å². The predicted octanol–water partition coefficient (Wildman–Crippen LogP) is 5.80. The zero-order valence-corrected chi connectivity index (χ0v) is 13.0. The maximum atomic E-state index is 3.95. The van der Waals surface area contributed by atoms with E-state index in [1.54, 1.807) is 5.57 Å². The van der Waals surface area contributed by atoms with E-state index >= 15 is 0 Å². The third-order valence-electron chi connectivity index (χ3n) is 4.53. The van der Waals surface area contributed by atoms with Gasteiger partial charge in [0.25, 0.3) is 0 Å². The van der Waals surface area contributed by atoms with Crippen LogP contribution in [0.15, 0.2) is 60.2 Å². The van der Waals surface area contributed by atoms with E-state index in [-0.39, 0.29) is 0 Å². The lowest BCUT2D eigenvalue weighted by molar-refractivity contribution is 0.793. The van der Waals surface area contributed by atoms with Crippen molar-refractivity contribution in [3.05, 3.63) is 76.9 Å². The van der Waals surface area contributed by atoms with Gasteiger partial charge >= 0.3 is 0 Å². The van der Waals surface area contributed by atoms with Crippen LogP contribution in [0.2, 0.25) is 0 Å². The molecule has 0 nitrogen and oxygen atoms in total. The van der Waals surface area contributed by atoms with Crippen molar-refractivity contribution in [1.82, 2.24) is 0 Å². The summed E-state index contributed by atoms with van der Waals surface area (Å²) in [4.78, 5) is 0. The van der Waals surface area contributed by atoms with Crippen molar-refractivity contribution in [3.63, 3.8) is 0 Å². The van der Waals surface area contributed by atoms with Crippen LogP contribution in [0.1, 0.15) is 49.3 Å². The minimum absolute atomic E-state index is 1.01. The lowest BCUT2D eigenvalue weighted by atomic mass is 9.90. The van der Waals surface area contributed by atoms with Gasteiger partial charge in [-0.15, -0.1) is 6.58 Å². The van der Waals surface area contributed by atoms with Crippen LogP contribution >= 0.6 is 0 Å². The summed E-state index contributed by atoms with van der Waals surface area (Å²) in [5, 5.41) is 0. The molecular formula is C21H24. The van der Waals surface area contributed by atoms with E-state index in [1.807, 2.05) is 0 Å². The van der Waals surface area contributed by atoms with Gasteiger partial charge in [-0.05, 0) is 59.9 Å². The summed E-state index contributed by atoms with van der Waals surface area (Å²) < 4.78 is 0. The van der Waals surface area contributed by atoms with Gasteiger partial charge < -0.3 is 0 Å². The zero-order chi connectivity index (χ0) is 14.7. The molecule has 1 aromatic carbocycles. The van der Waals surface area contributed by atoms with Crippen molar-refractivity contribution in [1.29, 1.82) is 0 Å². The molecule has 0 heterocycles. The Bertz CT molecular complexity index is 638. The number of benzene rings is 1. The molecule has 0 atom stereocenters. The molecule has 2 aliphatic carbocycles. The van der Waals surface area contributed by atoms with Crippen molar-refractivity contribution in [3.8, 4) is 0 Å². The Morgan fingerprint density at radius 1 is 1.29 bits per heavy atom. The molecule has 0 saturated carbocycles. The van der Waals surface area contributed by atoms with Gasteiger partial charge in [0.15, 0.2) is 0 Å². The Hall–Kier alpha value is -1.82. The van der Waals surface area contributed by atoms with Gasteiger partial charge in [-0.3, -0.25) is 0 Å². The molecule has 0 aromatic heterocycles. The maximum Gasteiger partial charge on any atom is -0.00484 e. The van der Waals surface area contributed by atoms with E-state index in [1.165, 1.54) is 47.1 Å². The third-order valence-corrected chi connectivity index (χ3v) is 4.53. The zero-order valence-electron chi connectivity index (χ0n) is 13.0. The fourth-order valence-corrected chi connectivity index (χ4v) is 3.56. The average molecular weight is 276 g/mol. The Kier molecular flexibility index (Phi) is 4.24. The van der Waals surface area contributed by atoms with Crippen LogP contribution in [-0.2, 0) is 12.8 Å². The van der Waals surface area contributed by atoms with Gasteiger partial charge in [-0.2, -0.15) is 0 Å². The van der Waals surface area contributed by atoms with Crippen LogP contribution in [0.3, 0.4) is 0 Å². The highest BCUT2D eigenvalue weighted by molar-refractivity contribution is 5.89. The van der Waals surface area contributed by atoms with Gasteiger partial charge in [-0.25, -0.2) is 0 Å². The van der Waals surface area contributed by atoms with Crippen LogP contribution in [0.5, 0.6) is 0 Å². The molecule has 1 aromatic rings. The molecule has 0 unspecified atom stereocenters. The first-order chi connectivity index (χ1) is 10.3. The van der Waals surface area contributed by atoms with Crippen molar-refractivity contribution < 1.29 is 0 Å². The van der Waals surface area contributed by atoms with Crippen LogP contribution < -0.4 is 0 Å². The Labute approximate surface area is 128 Å². The lowest BCUT2D eigenvalue weighted by Crippen LogP contribution is -1.96. The molecule has 21 heavy (non-hydrogen) atoms. The predicted molar refractivity (Wildman–Crippen MR) is 92.3 cm³/mol. The van der Waals surface area contributed by atoms with Gasteiger partial charge in [-0.1, -0.05) is 61.4 Å². The summed E-state index contributed by atoms with van der Waals surface area (Å²) >= 11 is 0. The Morgan fingerprint density at radius 3 is 2.90 bits per heavy atom. The average Bonchev–Trinajstić information content (AvgIpc) is 3.12. The second-order valence-electron chi connectivity index (χ2n) is 6.03. The molecule has 0 aliphatic heterocycles. The van der Waals surface area contributed by atoms with Gasteiger partial charge in [0, 0.05) is 0 Å². The smallest absolute Gasteiger partial charge is 0.00484 e. The second-order valence-corrected chi connectivity index (χ2v) is 6.03. The van der Waals surface area contributed by atoms with Crippen molar-refractivity contribution >= 4 is 5.57 Å². The van der Waals surface area contributed by atoms with Crippen molar-refractivity contribution in [2.75, 3.05) is 0 Å². The third kappa shape index (κ3) is 2.68. The standard InChI is InChI=1S/C21H24/c1-3-5-10-16-13-8-14-19-15-18(9-4-2)20(21(16)19)17-11-6-7-12-17/h4,6-8,11,13-14H,2-3,5,9-10,12,15H2,1H3. The summed E-state index contributed by atoms with van der Waals surface area (Å²) in [5.74, 6) is 0. The first kappa shape index (κ1) is 14.1. The quantitative estimate of drug-likeness (QED) is 0.576. The minimum Gasteiger partial charge on any atom is -0.103 e. The van der Waals surface area contributed by atoms with E-state index < -0.39 is 0 Å². The number of rotatable bonds is 6. The Balaban J connectivity index is 2.06. The minimum atomic E-state index is 1.01. The van der Waals surface area contributed by atoms with E-state index in [4.69, 9.17) is 0 Å². The Morgan fingerprint density at radius 2 is 2.19 bits per heavy atom. The molecule has 0 bridgehead atoms. The van der Waals surface area contributed by atoms with Crippen LogP contribution in [0.25, 0.3) is 5.57 Å². The monoisotopic (exact) mass is 276 g/mol. The molecule has 2 aliphatic rings. The van der Waals surface area contributed by atoms with Gasteiger partial charge in [0.05, 0.1) is 0 Å². The SMILES string of the molecule is C=CCC1=C(C2=CC=CC2)c2c(CCCC)cccc2C1. The first-order valence-electron chi connectivity index (χ1n) is 8.15. The molecule has 0 fully saturated rings. The lowest BCUT2D eigenvalue weighted by Gasteiger charge is -2.14. The number of hydrogen-bond donors (Lipinski definition) is 0.